The Kier molecular flexibility index (Phi) is 6.98. The number of thiazole rings is 1. The van der Waals surface area contributed by atoms with Gasteiger partial charge in [-0.05, 0) is 85.8 Å². The predicted molar refractivity (Wildman–Crippen MR) is 144 cm³/mol. The number of hydrogen-bond acceptors (Lipinski definition) is 7. The van der Waals surface area contributed by atoms with E-state index in [4.69, 9.17) is 9.72 Å². The number of fused-ring (bicyclic) bond motifs is 1. The summed E-state index contributed by atoms with van der Waals surface area (Å²) in [5.74, 6) is 0.280. The largest absolute Gasteiger partial charge is 0.497 e. The summed E-state index contributed by atoms with van der Waals surface area (Å²) in [6, 6.07) is 13.2. The number of sulfonamides is 1. The SMILES string of the molecule is COc1ccc(S(=O)(=O)N2CCCC2C(=O)N(Cc2cccnc2)c2nc3cc(C)c(C)cc3s2)cc1. The number of amides is 1. The van der Waals surface area contributed by atoms with Crippen molar-refractivity contribution in [3.8, 4) is 5.75 Å². The molecule has 1 aliphatic heterocycles. The van der Waals surface area contributed by atoms with E-state index < -0.39 is 16.1 Å². The zero-order chi connectivity index (χ0) is 26.2. The van der Waals surface area contributed by atoms with Crippen molar-refractivity contribution < 1.29 is 17.9 Å². The second kappa shape index (κ2) is 10.2. The van der Waals surface area contributed by atoms with E-state index in [1.54, 1.807) is 29.4 Å². The van der Waals surface area contributed by atoms with Gasteiger partial charge in [-0.25, -0.2) is 13.4 Å². The number of nitrogens with zero attached hydrogens (tertiary/aromatic N) is 4. The minimum Gasteiger partial charge on any atom is -0.497 e. The van der Waals surface area contributed by atoms with Crippen LogP contribution in [0.5, 0.6) is 5.75 Å². The Balaban J connectivity index is 1.52. The van der Waals surface area contributed by atoms with Gasteiger partial charge in [-0.1, -0.05) is 17.4 Å². The molecule has 1 amide bonds. The fourth-order valence-electron chi connectivity index (χ4n) is 4.53. The maximum absolute atomic E-state index is 14.1. The lowest BCUT2D eigenvalue weighted by molar-refractivity contribution is -0.121. The van der Waals surface area contributed by atoms with E-state index in [9.17, 15) is 13.2 Å². The number of carbonyl (C=O) groups excluding carboxylic acids is 1. The van der Waals surface area contributed by atoms with Gasteiger partial charge in [0.15, 0.2) is 5.13 Å². The Labute approximate surface area is 220 Å². The second-order valence-electron chi connectivity index (χ2n) is 9.14. The van der Waals surface area contributed by atoms with Gasteiger partial charge in [0.25, 0.3) is 0 Å². The van der Waals surface area contributed by atoms with Gasteiger partial charge in [0.05, 0.1) is 28.8 Å². The summed E-state index contributed by atoms with van der Waals surface area (Å²) in [6.45, 7) is 4.61. The Morgan fingerprint density at radius 2 is 1.92 bits per heavy atom. The van der Waals surface area contributed by atoms with Crippen molar-refractivity contribution in [2.24, 2.45) is 0 Å². The van der Waals surface area contributed by atoms with Crippen LogP contribution in [-0.4, -0.2) is 48.3 Å². The lowest BCUT2D eigenvalue weighted by atomic mass is 10.1. The van der Waals surface area contributed by atoms with Gasteiger partial charge in [-0.3, -0.25) is 14.7 Å². The maximum Gasteiger partial charge on any atom is 0.247 e. The molecule has 37 heavy (non-hydrogen) atoms. The van der Waals surface area contributed by atoms with Gasteiger partial charge in [-0.15, -0.1) is 0 Å². The van der Waals surface area contributed by atoms with Crippen LogP contribution in [0.2, 0.25) is 0 Å². The number of aromatic nitrogens is 2. The highest BCUT2D eigenvalue weighted by atomic mass is 32.2. The van der Waals surface area contributed by atoms with E-state index in [1.807, 2.05) is 32.0 Å². The molecule has 2 aromatic carbocycles. The average molecular weight is 537 g/mol. The highest BCUT2D eigenvalue weighted by Crippen LogP contribution is 2.34. The molecule has 0 N–H and O–H groups in total. The van der Waals surface area contributed by atoms with Crippen molar-refractivity contribution in [3.05, 3.63) is 77.6 Å². The maximum atomic E-state index is 14.1. The molecule has 3 heterocycles. The quantitative estimate of drug-likeness (QED) is 0.340. The number of rotatable bonds is 7. The van der Waals surface area contributed by atoms with E-state index in [-0.39, 0.29) is 23.9 Å². The molecule has 5 rings (SSSR count). The Bertz CT molecular complexity index is 1500. The van der Waals surface area contributed by atoms with Crippen LogP contribution in [-0.2, 0) is 21.4 Å². The zero-order valence-corrected chi connectivity index (χ0v) is 22.6. The summed E-state index contributed by atoms with van der Waals surface area (Å²) in [5.41, 5.74) is 3.94. The van der Waals surface area contributed by atoms with Gasteiger partial charge < -0.3 is 4.74 Å². The van der Waals surface area contributed by atoms with Gasteiger partial charge in [0.1, 0.15) is 11.8 Å². The summed E-state index contributed by atoms with van der Waals surface area (Å²) < 4.78 is 34.6. The predicted octanol–water partition coefficient (Wildman–Crippen LogP) is 4.70. The van der Waals surface area contributed by atoms with E-state index in [2.05, 4.69) is 11.1 Å². The summed E-state index contributed by atoms with van der Waals surface area (Å²) >= 11 is 1.44. The molecule has 10 heteroatoms. The number of aryl methyl sites for hydroxylation is 2. The first-order chi connectivity index (χ1) is 17.8. The first-order valence-electron chi connectivity index (χ1n) is 12.0. The second-order valence-corrected chi connectivity index (χ2v) is 12.0. The zero-order valence-electron chi connectivity index (χ0n) is 20.9. The first kappa shape index (κ1) is 25.3. The summed E-state index contributed by atoms with van der Waals surface area (Å²) in [6.07, 6.45) is 4.44. The third-order valence-corrected chi connectivity index (χ3v) is 9.67. The van der Waals surface area contributed by atoms with Crippen LogP contribution in [0.25, 0.3) is 10.2 Å². The van der Waals surface area contributed by atoms with Gasteiger partial charge >= 0.3 is 0 Å². The molecule has 1 fully saturated rings. The number of carbonyl (C=O) groups is 1. The van der Waals surface area contributed by atoms with Crippen molar-refractivity contribution in [2.45, 2.75) is 44.2 Å². The lowest BCUT2D eigenvalue weighted by Gasteiger charge is -2.28. The molecule has 0 bridgehead atoms. The molecule has 0 radical (unpaired) electrons. The van der Waals surface area contributed by atoms with E-state index in [1.165, 1.54) is 34.9 Å². The summed E-state index contributed by atoms with van der Waals surface area (Å²) in [5, 5.41) is 0.544. The number of methoxy groups -OCH3 is 1. The van der Waals surface area contributed by atoms with Gasteiger partial charge in [0.2, 0.25) is 15.9 Å². The smallest absolute Gasteiger partial charge is 0.247 e. The third kappa shape index (κ3) is 4.96. The fraction of sp³-hybridized carbons (Fsp3) is 0.296. The molecule has 8 nitrogen and oxygen atoms in total. The Morgan fingerprint density at radius 3 is 2.62 bits per heavy atom. The van der Waals surface area contributed by atoms with Crippen LogP contribution < -0.4 is 9.64 Å². The Morgan fingerprint density at radius 1 is 1.16 bits per heavy atom. The van der Waals surface area contributed by atoms with Gasteiger partial charge in [-0.2, -0.15) is 4.31 Å². The molecular weight excluding hydrogens is 508 g/mol. The van der Waals surface area contributed by atoms with E-state index in [0.29, 0.717) is 23.7 Å². The number of anilines is 1. The molecule has 2 aromatic heterocycles. The first-order valence-corrected chi connectivity index (χ1v) is 14.3. The number of pyridine rings is 1. The monoisotopic (exact) mass is 536 g/mol. The number of hydrogen-bond donors (Lipinski definition) is 0. The molecule has 4 aromatic rings. The molecular formula is C27H28N4O4S2. The van der Waals surface area contributed by atoms with Crippen molar-refractivity contribution in [2.75, 3.05) is 18.6 Å². The van der Waals surface area contributed by atoms with Gasteiger partial charge in [0, 0.05) is 18.9 Å². The highest BCUT2D eigenvalue weighted by molar-refractivity contribution is 7.89. The van der Waals surface area contributed by atoms with Crippen molar-refractivity contribution >= 4 is 42.6 Å². The van der Waals surface area contributed by atoms with Crippen molar-refractivity contribution in [3.63, 3.8) is 0 Å². The standard InChI is InChI=1S/C27H28N4O4S2/c1-18-14-23-25(15-19(18)2)36-27(29-23)30(17-20-6-4-12-28-16-20)26(32)24-7-5-13-31(24)37(33,34)22-10-8-21(35-3)9-11-22/h4,6,8-12,14-16,24H,5,7,13,17H2,1-3H3. The van der Waals surface area contributed by atoms with Crippen LogP contribution in [0.3, 0.4) is 0 Å². The molecule has 1 saturated heterocycles. The molecule has 0 aliphatic carbocycles. The van der Waals surface area contributed by atoms with E-state index >= 15 is 0 Å². The number of benzene rings is 2. The fourth-order valence-corrected chi connectivity index (χ4v) is 7.24. The topological polar surface area (TPSA) is 92.7 Å². The highest BCUT2D eigenvalue weighted by Gasteiger charge is 2.42. The van der Waals surface area contributed by atoms with Crippen molar-refractivity contribution in [1.29, 1.82) is 0 Å². The molecule has 1 unspecified atom stereocenters. The van der Waals surface area contributed by atoms with Crippen LogP contribution in [0.4, 0.5) is 5.13 Å². The lowest BCUT2D eigenvalue weighted by Crippen LogP contribution is -2.47. The molecule has 0 saturated carbocycles. The van der Waals surface area contributed by atoms with Crippen LogP contribution in [0.1, 0.15) is 29.5 Å². The van der Waals surface area contributed by atoms with Crippen LogP contribution in [0.15, 0.2) is 65.8 Å². The molecule has 1 aliphatic rings. The van der Waals surface area contributed by atoms with Crippen LogP contribution >= 0.6 is 11.3 Å². The minimum absolute atomic E-state index is 0.137. The number of ether oxygens (including phenoxy) is 1. The summed E-state index contributed by atoms with van der Waals surface area (Å²) in [4.78, 5) is 24.8. The Hall–Kier alpha value is -3.34. The van der Waals surface area contributed by atoms with Crippen LogP contribution in [0, 0.1) is 13.8 Å². The molecule has 192 valence electrons. The molecule has 1 atom stereocenters. The summed E-state index contributed by atoms with van der Waals surface area (Å²) in [7, 11) is -2.35. The van der Waals surface area contributed by atoms with E-state index in [0.717, 1.165) is 26.9 Å². The van der Waals surface area contributed by atoms with Crippen molar-refractivity contribution in [1.82, 2.24) is 14.3 Å². The average Bonchev–Trinajstić information content (AvgIpc) is 3.56. The molecule has 0 spiro atoms. The normalized spacial score (nSPS) is 16.2. The third-order valence-electron chi connectivity index (χ3n) is 6.71. The minimum atomic E-state index is -3.88.